The Morgan fingerprint density at radius 1 is 1.53 bits per heavy atom. The van der Waals surface area contributed by atoms with Gasteiger partial charge in [0.05, 0.1) is 7.11 Å². The van der Waals surface area contributed by atoms with E-state index in [0.29, 0.717) is 12.1 Å². The Kier molecular flexibility index (Phi) is 7.95. The van der Waals surface area contributed by atoms with Crippen LogP contribution in [0.25, 0.3) is 0 Å². The molecule has 0 saturated carbocycles. The number of carbonyl (C=O) groups excluding carboxylic acids is 1. The zero-order valence-electron chi connectivity index (χ0n) is 10.2. The standard InChI is InChI=1S/C11H22N2O2/c1-5-13(3)9-8-12-7-6-10(2)11(14)15-4/h6,12H,5,7-9H2,1-4H3/b10-6-. The lowest BCUT2D eigenvalue weighted by molar-refractivity contribution is -0.136. The predicted octanol–water partition coefficient (Wildman–Crippen LogP) is 0.647. The second kappa shape index (κ2) is 8.44. The average molecular weight is 214 g/mol. The first-order valence-electron chi connectivity index (χ1n) is 5.26. The summed E-state index contributed by atoms with van der Waals surface area (Å²) in [6, 6.07) is 0. The predicted molar refractivity (Wildman–Crippen MR) is 61.8 cm³/mol. The van der Waals surface area contributed by atoms with Gasteiger partial charge in [-0.2, -0.15) is 0 Å². The number of hydrogen-bond acceptors (Lipinski definition) is 4. The van der Waals surface area contributed by atoms with E-state index in [1.54, 1.807) is 6.92 Å². The summed E-state index contributed by atoms with van der Waals surface area (Å²) in [5, 5.41) is 3.23. The number of nitrogens with zero attached hydrogens (tertiary/aromatic N) is 1. The lowest BCUT2D eigenvalue weighted by Crippen LogP contribution is -2.29. The van der Waals surface area contributed by atoms with E-state index >= 15 is 0 Å². The summed E-state index contributed by atoms with van der Waals surface area (Å²) in [4.78, 5) is 13.2. The van der Waals surface area contributed by atoms with Crippen LogP contribution in [0.4, 0.5) is 0 Å². The van der Waals surface area contributed by atoms with Gasteiger partial charge in [-0.1, -0.05) is 13.0 Å². The smallest absolute Gasteiger partial charge is 0.333 e. The molecule has 4 nitrogen and oxygen atoms in total. The van der Waals surface area contributed by atoms with Crippen LogP contribution < -0.4 is 5.32 Å². The van der Waals surface area contributed by atoms with E-state index in [1.807, 2.05) is 6.08 Å². The van der Waals surface area contributed by atoms with Crippen molar-refractivity contribution in [1.29, 1.82) is 0 Å². The van der Waals surface area contributed by atoms with Crippen molar-refractivity contribution in [2.24, 2.45) is 0 Å². The number of likely N-dealkylation sites (N-methyl/N-ethyl adjacent to an activating group) is 1. The SMILES string of the molecule is CCN(C)CCNC/C=C(/C)C(=O)OC. The highest BCUT2D eigenvalue weighted by Crippen LogP contribution is 1.93. The van der Waals surface area contributed by atoms with E-state index in [4.69, 9.17) is 0 Å². The fourth-order valence-electron chi connectivity index (χ4n) is 1.000. The molecule has 0 aromatic heterocycles. The van der Waals surface area contributed by atoms with Gasteiger partial charge in [-0.15, -0.1) is 0 Å². The Labute approximate surface area is 92.3 Å². The zero-order valence-corrected chi connectivity index (χ0v) is 10.2. The van der Waals surface area contributed by atoms with Gasteiger partial charge in [-0.05, 0) is 20.5 Å². The van der Waals surface area contributed by atoms with Crippen molar-refractivity contribution < 1.29 is 9.53 Å². The summed E-state index contributed by atoms with van der Waals surface area (Å²) in [7, 11) is 3.47. The minimum absolute atomic E-state index is 0.262. The van der Waals surface area contributed by atoms with Crippen LogP contribution in [0.2, 0.25) is 0 Å². The molecule has 0 saturated heterocycles. The maximum Gasteiger partial charge on any atom is 0.333 e. The van der Waals surface area contributed by atoms with Crippen LogP contribution in [-0.4, -0.2) is 51.2 Å². The summed E-state index contributed by atoms with van der Waals surface area (Å²) < 4.78 is 4.58. The quantitative estimate of drug-likeness (QED) is 0.384. The van der Waals surface area contributed by atoms with E-state index in [9.17, 15) is 4.79 Å². The fraction of sp³-hybridized carbons (Fsp3) is 0.727. The Morgan fingerprint density at radius 3 is 2.73 bits per heavy atom. The molecule has 0 spiro atoms. The summed E-state index contributed by atoms with van der Waals surface area (Å²) in [5.41, 5.74) is 0.647. The third-order valence-electron chi connectivity index (χ3n) is 2.27. The molecule has 88 valence electrons. The minimum Gasteiger partial charge on any atom is -0.466 e. The monoisotopic (exact) mass is 214 g/mol. The van der Waals surface area contributed by atoms with Crippen LogP contribution >= 0.6 is 0 Å². The van der Waals surface area contributed by atoms with Gasteiger partial charge in [0.2, 0.25) is 0 Å². The fourth-order valence-corrected chi connectivity index (χ4v) is 1.000. The van der Waals surface area contributed by atoms with Crippen molar-refractivity contribution in [2.45, 2.75) is 13.8 Å². The Morgan fingerprint density at radius 2 is 2.20 bits per heavy atom. The maximum absolute atomic E-state index is 11.0. The minimum atomic E-state index is -0.262. The van der Waals surface area contributed by atoms with Crippen LogP contribution in [0, 0.1) is 0 Å². The van der Waals surface area contributed by atoms with Gasteiger partial charge in [0.25, 0.3) is 0 Å². The summed E-state index contributed by atoms with van der Waals surface area (Å²) in [5.74, 6) is -0.262. The number of esters is 1. The van der Waals surface area contributed by atoms with Gasteiger partial charge in [0.15, 0.2) is 0 Å². The maximum atomic E-state index is 11.0. The molecule has 0 aromatic carbocycles. The molecular weight excluding hydrogens is 192 g/mol. The van der Waals surface area contributed by atoms with Crippen molar-refractivity contribution in [1.82, 2.24) is 10.2 Å². The molecule has 0 aliphatic heterocycles. The van der Waals surface area contributed by atoms with E-state index in [0.717, 1.165) is 19.6 Å². The van der Waals surface area contributed by atoms with Gasteiger partial charge in [-0.3, -0.25) is 0 Å². The third-order valence-corrected chi connectivity index (χ3v) is 2.27. The number of nitrogens with one attached hydrogen (secondary N) is 1. The van der Waals surface area contributed by atoms with Gasteiger partial charge in [0.1, 0.15) is 0 Å². The highest BCUT2D eigenvalue weighted by atomic mass is 16.5. The first kappa shape index (κ1) is 14.1. The van der Waals surface area contributed by atoms with Crippen LogP contribution in [0.5, 0.6) is 0 Å². The van der Waals surface area contributed by atoms with Crippen molar-refractivity contribution in [3.8, 4) is 0 Å². The van der Waals surface area contributed by atoms with Crippen molar-refractivity contribution in [3.05, 3.63) is 11.6 Å². The molecule has 0 aliphatic rings. The Bertz CT molecular complexity index is 215. The normalized spacial score (nSPS) is 11.9. The molecule has 0 aliphatic carbocycles. The lowest BCUT2D eigenvalue weighted by Gasteiger charge is -2.13. The number of carbonyl (C=O) groups is 1. The molecule has 1 N–H and O–H groups in total. The number of methoxy groups -OCH3 is 1. The molecule has 0 aromatic rings. The van der Waals surface area contributed by atoms with Gasteiger partial charge < -0.3 is 15.0 Å². The summed E-state index contributed by atoms with van der Waals surface area (Å²) in [6.07, 6.45) is 1.85. The molecular formula is C11H22N2O2. The largest absolute Gasteiger partial charge is 0.466 e. The highest BCUT2D eigenvalue weighted by Gasteiger charge is 2.00. The molecule has 0 rings (SSSR count). The second-order valence-electron chi connectivity index (χ2n) is 3.48. The van der Waals surface area contributed by atoms with Gasteiger partial charge >= 0.3 is 5.97 Å². The highest BCUT2D eigenvalue weighted by molar-refractivity contribution is 5.87. The topological polar surface area (TPSA) is 41.6 Å². The van der Waals surface area contributed by atoms with E-state index in [-0.39, 0.29) is 5.97 Å². The first-order chi connectivity index (χ1) is 7.11. The van der Waals surface area contributed by atoms with Crippen LogP contribution in [0.15, 0.2) is 11.6 Å². The molecule has 0 atom stereocenters. The van der Waals surface area contributed by atoms with Crippen LogP contribution in [0.3, 0.4) is 0 Å². The summed E-state index contributed by atoms with van der Waals surface area (Å²) >= 11 is 0. The van der Waals surface area contributed by atoms with Crippen molar-refractivity contribution in [2.75, 3.05) is 40.3 Å². The Balaban J connectivity index is 3.57. The van der Waals surface area contributed by atoms with Gasteiger partial charge in [-0.25, -0.2) is 4.79 Å². The second-order valence-corrected chi connectivity index (χ2v) is 3.48. The van der Waals surface area contributed by atoms with Crippen LogP contribution in [-0.2, 0) is 9.53 Å². The average Bonchev–Trinajstić information content (AvgIpc) is 2.26. The molecule has 15 heavy (non-hydrogen) atoms. The molecule has 0 fully saturated rings. The summed E-state index contributed by atoms with van der Waals surface area (Å²) in [6.45, 7) is 7.58. The number of rotatable bonds is 7. The lowest BCUT2D eigenvalue weighted by atomic mass is 10.3. The molecule has 0 heterocycles. The van der Waals surface area contributed by atoms with Gasteiger partial charge in [0, 0.05) is 25.2 Å². The third kappa shape index (κ3) is 7.11. The number of ether oxygens (including phenoxy) is 1. The van der Waals surface area contributed by atoms with E-state index in [2.05, 4.69) is 28.9 Å². The van der Waals surface area contributed by atoms with E-state index < -0.39 is 0 Å². The van der Waals surface area contributed by atoms with Crippen LogP contribution in [0.1, 0.15) is 13.8 Å². The van der Waals surface area contributed by atoms with Crippen molar-refractivity contribution in [3.63, 3.8) is 0 Å². The van der Waals surface area contributed by atoms with E-state index in [1.165, 1.54) is 7.11 Å². The Hall–Kier alpha value is -0.870. The molecule has 0 unspecified atom stereocenters. The number of hydrogen-bond donors (Lipinski definition) is 1. The zero-order chi connectivity index (χ0) is 11.7. The van der Waals surface area contributed by atoms with Crippen molar-refractivity contribution >= 4 is 5.97 Å². The first-order valence-corrected chi connectivity index (χ1v) is 5.26. The molecule has 0 bridgehead atoms. The molecule has 4 heteroatoms. The molecule has 0 amide bonds. The molecule has 0 radical (unpaired) electrons.